The normalized spacial score (nSPS) is 12.1. The summed E-state index contributed by atoms with van der Waals surface area (Å²) in [5.74, 6) is -4.06. The van der Waals surface area contributed by atoms with Crippen LogP contribution in [0.3, 0.4) is 0 Å². The Kier molecular flexibility index (Phi) is 3.59. The summed E-state index contributed by atoms with van der Waals surface area (Å²) in [6.45, 7) is 0.598. The number of halogens is 4. The molecule has 0 radical (unpaired) electrons. The van der Waals surface area contributed by atoms with E-state index in [2.05, 4.69) is 10.3 Å². The molecule has 19 heavy (non-hydrogen) atoms. The number of hydrogen-bond donors (Lipinski definition) is 1. The first kappa shape index (κ1) is 13.6. The molecule has 0 aliphatic carbocycles. The zero-order valence-corrected chi connectivity index (χ0v) is 10.1. The van der Waals surface area contributed by atoms with Crippen LogP contribution in [0.15, 0.2) is 30.3 Å². The van der Waals surface area contributed by atoms with Gasteiger partial charge in [-0.1, -0.05) is 18.2 Å². The second-order valence-electron chi connectivity index (χ2n) is 4.24. The quantitative estimate of drug-likeness (QED) is 0.855. The molecule has 0 aliphatic heterocycles. The molecular formula is C13H12F4N2. The number of anilines is 1. The van der Waals surface area contributed by atoms with E-state index in [0.29, 0.717) is 22.3 Å². The lowest BCUT2D eigenvalue weighted by atomic mass is 10.1. The van der Waals surface area contributed by atoms with Crippen LogP contribution in [0.5, 0.6) is 0 Å². The molecule has 6 heteroatoms. The fourth-order valence-corrected chi connectivity index (χ4v) is 1.74. The molecule has 2 nitrogen and oxygen atoms in total. The van der Waals surface area contributed by atoms with Crippen molar-refractivity contribution in [3.63, 3.8) is 0 Å². The van der Waals surface area contributed by atoms with E-state index in [4.69, 9.17) is 0 Å². The number of pyridine rings is 1. The first-order valence-corrected chi connectivity index (χ1v) is 5.66. The summed E-state index contributed by atoms with van der Waals surface area (Å²) in [6.07, 6.45) is -3.69. The lowest BCUT2D eigenvalue weighted by Gasteiger charge is -2.17. The number of nitrogens with zero attached hydrogens (tertiary/aromatic N) is 1. The predicted octanol–water partition coefficient (Wildman–Crippen LogP) is 3.86. The van der Waals surface area contributed by atoms with Crippen molar-refractivity contribution in [1.29, 1.82) is 0 Å². The third kappa shape index (κ3) is 2.94. The molecule has 0 unspecified atom stereocenters. The van der Waals surface area contributed by atoms with Crippen molar-refractivity contribution in [2.45, 2.75) is 19.3 Å². The molecule has 0 saturated heterocycles. The number of rotatable bonds is 4. The summed E-state index contributed by atoms with van der Waals surface area (Å²) in [4.78, 5) is 4.24. The van der Waals surface area contributed by atoms with E-state index in [1.54, 1.807) is 37.3 Å². The lowest BCUT2D eigenvalue weighted by molar-refractivity contribution is -0.117. The van der Waals surface area contributed by atoms with E-state index in [0.717, 1.165) is 0 Å². The monoisotopic (exact) mass is 272 g/mol. The molecular weight excluding hydrogens is 260 g/mol. The van der Waals surface area contributed by atoms with Crippen molar-refractivity contribution in [1.82, 2.24) is 4.98 Å². The van der Waals surface area contributed by atoms with Crippen molar-refractivity contribution in [3.8, 4) is 0 Å². The highest BCUT2D eigenvalue weighted by Gasteiger charge is 2.40. The van der Waals surface area contributed by atoms with Gasteiger partial charge in [-0.05, 0) is 19.1 Å². The van der Waals surface area contributed by atoms with Crippen LogP contribution < -0.4 is 5.32 Å². The molecule has 0 saturated carbocycles. The second kappa shape index (κ2) is 5.03. The third-order valence-corrected chi connectivity index (χ3v) is 2.68. The van der Waals surface area contributed by atoms with Gasteiger partial charge in [-0.2, -0.15) is 8.78 Å². The van der Waals surface area contributed by atoms with Crippen molar-refractivity contribution in [2.24, 2.45) is 0 Å². The van der Waals surface area contributed by atoms with Gasteiger partial charge in [0, 0.05) is 16.8 Å². The van der Waals surface area contributed by atoms with Crippen LogP contribution in [0.2, 0.25) is 0 Å². The van der Waals surface area contributed by atoms with E-state index in [9.17, 15) is 17.6 Å². The molecule has 0 atom stereocenters. The van der Waals surface area contributed by atoms with Crippen molar-refractivity contribution >= 4 is 16.6 Å². The number of fused-ring (bicyclic) bond motifs is 1. The largest absolute Gasteiger partial charge is 0.378 e. The first-order chi connectivity index (χ1) is 8.90. The van der Waals surface area contributed by atoms with E-state index in [1.165, 1.54) is 0 Å². The Bertz CT molecular complexity index is 584. The standard InChI is InChI=1S/C13H12F4N2/c1-8-6-11(18-7-13(16,17)12(14)15)9-4-2-3-5-10(9)19-8/h2-6,12H,7H2,1H3,(H,18,19). The smallest absolute Gasteiger partial charge is 0.324 e. The number of aryl methyl sites for hydroxylation is 1. The van der Waals surface area contributed by atoms with Gasteiger partial charge in [-0.25, -0.2) is 8.78 Å². The van der Waals surface area contributed by atoms with Gasteiger partial charge in [-0.3, -0.25) is 4.98 Å². The number of nitrogens with one attached hydrogen (secondary N) is 1. The maximum atomic E-state index is 12.9. The van der Waals surface area contributed by atoms with Crippen molar-refractivity contribution in [3.05, 3.63) is 36.0 Å². The zero-order valence-electron chi connectivity index (χ0n) is 10.1. The number of benzene rings is 1. The minimum atomic E-state index is -4.06. The molecule has 0 aliphatic rings. The molecule has 1 heterocycles. The number of aromatic nitrogens is 1. The fraction of sp³-hybridized carbons (Fsp3) is 0.308. The highest BCUT2D eigenvalue weighted by atomic mass is 19.3. The second-order valence-corrected chi connectivity index (χ2v) is 4.24. The number of alkyl halides is 4. The Morgan fingerprint density at radius 3 is 2.63 bits per heavy atom. The summed E-state index contributed by atoms with van der Waals surface area (Å²) >= 11 is 0. The Balaban J connectivity index is 2.30. The van der Waals surface area contributed by atoms with Gasteiger partial charge in [0.1, 0.15) is 0 Å². The topological polar surface area (TPSA) is 24.9 Å². The molecule has 2 aromatic rings. The summed E-state index contributed by atoms with van der Waals surface area (Å²) in [7, 11) is 0. The number of para-hydroxylation sites is 1. The van der Waals surface area contributed by atoms with E-state index < -0.39 is 18.9 Å². The minimum absolute atomic E-state index is 0.378. The lowest BCUT2D eigenvalue weighted by Crippen LogP contribution is -2.34. The summed E-state index contributed by atoms with van der Waals surface area (Å²) in [6, 6.07) is 8.50. The SMILES string of the molecule is Cc1cc(NCC(F)(F)C(F)F)c2ccccc2n1. The molecule has 1 aromatic heterocycles. The highest BCUT2D eigenvalue weighted by molar-refractivity contribution is 5.91. The van der Waals surface area contributed by atoms with Crippen LogP contribution in [-0.2, 0) is 0 Å². The van der Waals surface area contributed by atoms with Crippen LogP contribution >= 0.6 is 0 Å². The Hall–Kier alpha value is -1.85. The van der Waals surface area contributed by atoms with Crippen molar-refractivity contribution in [2.75, 3.05) is 11.9 Å². The van der Waals surface area contributed by atoms with Gasteiger partial charge in [0.15, 0.2) is 0 Å². The van der Waals surface area contributed by atoms with Gasteiger partial charge < -0.3 is 5.32 Å². The summed E-state index contributed by atoms with van der Waals surface area (Å²) < 4.78 is 50.0. The van der Waals surface area contributed by atoms with E-state index in [-0.39, 0.29) is 0 Å². The van der Waals surface area contributed by atoms with E-state index >= 15 is 0 Å². The first-order valence-electron chi connectivity index (χ1n) is 5.66. The van der Waals surface area contributed by atoms with Gasteiger partial charge in [0.05, 0.1) is 12.1 Å². The molecule has 0 fully saturated rings. The minimum Gasteiger partial charge on any atom is -0.378 e. The molecule has 1 aromatic carbocycles. The third-order valence-electron chi connectivity index (χ3n) is 2.68. The maximum Gasteiger partial charge on any atom is 0.324 e. The Morgan fingerprint density at radius 2 is 1.95 bits per heavy atom. The molecule has 102 valence electrons. The van der Waals surface area contributed by atoms with Crippen LogP contribution in [0.1, 0.15) is 5.69 Å². The van der Waals surface area contributed by atoms with Crippen molar-refractivity contribution < 1.29 is 17.6 Å². The fourth-order valence-electron chi connectivity index (χ4n) is 1.74. The average Bonchev–Trinajstić information content (AvgIpc) is 2.35. The van der Waals surface area contributed by atoms with E-state index in [1.807, 2.05) is 0 Å². The van der Waals surface area contributed by atoms with Gasteiger partial charge >= 0.3 is 12.3 Å². The Morgan fingerprint density at radius 1 is 1.26 bits per heavy atom. The average molecular weight is 272 g/mol. The maximum absolute atomic E-state index is 12.9. The Labute approximate surface area is 107 Å². The van der Waals surface area contributed by atoms with Crippen LogP contribution in [0.25, 0.3) is 10.9 Å². The van der Waals surface area contributed by atoms with Crippen LogP contribution in [-0.4, -0.2) is 23.9 Å². The summed E-state index contributed by atoms with van der Waals surface area (Å²) in [5.41, 5.74) is 1.63. The van der Waals surface area contributed by atoms with Gasteiger partial charge in [0.25, 0.3) is 0 Å². The zero-order chi connectivity index (χ0) is 14.0. The molecule has 0 amide bonds. The van der Waals surface area contributed by atoms with Gasteiger partial charge in [0.2, 0.25) is 0 Å². The molecule has 0 spiro atoms. The molecule has 1 N–H and O–H groups in total. The number of hydrogen-bond acceptors (Lipinski definition) is 2. The predicted molar refractivity (Wildman–Crippen MR) is 65.9 cm³/mol. The molecule has 0 bridgehead atoms. The highest BCUT2D eigenvalue weighted by Crippen LogP contribution is 2.27. The van der Waals surface area contributed by atoms with Gasteiger partial charge in [-0.15, -0.1) is 0 Å². The molecule has 2 rings (SSSR count). The van der Waals surface area contributed by atoms with Crippen LogP contribution in [0, 0.1) is 6.92 Å². The van der Waals surface area contributed by atoms with Crippen LogP contribution in [0.4, 0.5) is 23.2 Å². The summed E-state index contributed by atoms with van der Waals surface area (Å²) in [5, 5.41) is 3.00.